The lowest BCUT2D eigenvalue weighted by Crippen LogP contribution is -2.46. The molecule has 0 aliphatic carbocycles. The summed E-state index contributed by atoms with van der Waals surface area (Å²) in [4.78, 5) is 28.5. The fraction of sp³-hybridized carbons (Fsp3) is 0.368. The molecule has 2 unspecified atom stereocenters. The van der Waals surface area contributed by atoms with Crippen molar-refractivity contribution in [1.82, 2.24) is 15.1 Å². The van der Waals surface area contributed by atoms with Gasteiger partial charge in [-0.25, -0.2) is 4.79 Å². The SMILES string of the molecule is CN1CC(NC(=O)N(Cc2ccccc2)CC(O)c2cccs2)CC1=O. The first-order valence-electron chi connectivity index (χ1n) is 8.57. The Labute approximate surface area is 157 Å². The van der Waals surface area contributed by atoms with Gasteiger partial charge in [-0.05, 0) is 17.0 Å². The maximum atomic E-state index is 12.8. The number of rotatable bonds is 6. The molecule has 26 heavy (non-hydrogen) atoms. The van der Waals surface area contributed by atoms with Crippen LogP contribution in [0.2, 0.25) is 0 Å². The van der Waals surface area contributed by atoms with Crippen molar-refractivity contribution in [1.29, 1.82) is 0 Å². The first-order valence-corrected chi connectivity index (χ1v) is 9.45. The van der Waals surface area contributed by atoms with Crippen molar-refractivity contribution in [3.05, 3.63) is 58.3 Å². The third-order valence-electron chi connectivity index (χ3n) is 4.44. The topological polar surface area (TPSA) is 72.9 Å². The average Bonchev–Trinajstić information content (AvgIpc) is 3.26. The van der Waals surface area contributed by atoms with Gasteiger partial charge in [0.15, 0.2) is 0 Å². The van der Waals surface area contributed by atoms with Gasteiger partial charge in [0.2, 0.25) is 5.91 Å². The van der Waals surface area contributed by atoms with Crippen LogP contribution >= 0.6 is 11.3 Å². The summed E-state index contributed by atoms with van der Waals surface area (Å²) in [5.74, 6) is 0.0310. The highest BCUT2D eigenvalue weighted by molar-refractivity contribution is 7.10. The molecule has 138 valence electrons. The molecule has 2 atom stereocenters. The number of urea groups is 1. The molecule has 2 aromatic rings. The van der Waals surface area contributed by atoms with Crippen molar-refractivity contribution in [2.45, 2.75) is 25.1 Å². The third-order valence-corrected chi connectivity index (χ3v) is 5.41. The Bertz CT molecular complexity index is 736. The number of hydrogen-bond donors (Lipinski definition) is 2. The molecule has 0 spiro atoms. The Balaban J connectivity index is 1.69. The molecule has 2 N–H and O–H groups in total. The van der Waals surface area contributed by atoms with Crippen molar-refractivity contribution in [3.8, 4) is 0 Å². The molecule has 1 saturated heterocycles. The van der Waals surface area contributed by atoms with Gasteiger partial charge in [-0.1, -0.05) is 36.4 Å². The van der Waals surface area contributed by atoms with Gasteiger partial charge in [0.1, 0.15) is 6.10 Å². The first-order chi connectivity index (χ1) is 12.5. The van der Waals surface area contributed by atoms with E-state index in [0.29, 0.717) is 19.5 Å². The molecule has 3 amide bonds. The summed E-state index contributed by atoms with van der Waals surface area (Å²) in [5, 5.41) is 15.3. The molecule has 0 radical (unpaired) electrons. The van der Waals surface area contributed by atoms with Gasteiger partial charge in [-0.2, -0.15) is 0 Å². The summed E-state index contributed by atoms with van der Waals surface area (Å²) in [5.41, 5.74) is 0.987. The number of likely N-dealkylation sites (tertiary alicyclic amines) is 1. The largest absolute Gasteiger partial charge is 0.386 e. The zero-order valence-corrected chi connectivity index (χ0v) is 15.5. The molecule has 0 bridgehead atoms. The summed E-state index contributed by atoms with van der Waals surface area (Å²) >= 11 is 1.46. The highest BCUT2D eigenvalue weighted by atomic mass is 32.1. The van der Waals surface area contributed by atoms with Crippen molar-refractivity contribution in [3.63, 3.8) is 0 Å². The number of carbonyl (C=O) groups is 2. The lowest BCUT2D eigenvalue weighted by Gasteiger charge is -2.27. The van der Waals surface area contributed by atoms with E-state index in [2.05, 4.69) is 5.32 Å². The van der Waals surface area contributed by atoms with Crippen LogP contribution in [0.15, 0.2) is 47.8 Å². The van der Waals surface area contributed by atoms with Crippen LogP contribution in [0.1, 0.15) is 23.0 Å². The number of thiophene rings is 1. The van der Waals surface area contributed by atoms with Crippen LogP contribution in [0.5, 0.6) is 0 Å². The Morgan fingerprint density at radius 1 is 1.35 bits per heavy atom. The molecule has 1 aliphatic rings. The summed E-state index contributed by atoms with van der Waals surface area (Å²) in [7, 11) is 1.73. The van der Waals surface area contributed by atoms with Crippen molar-refractivity contribution >= 4 is 23.3 Å². The Hall–Kier alpha value is -2.38. The number of nitrogens with one attached hydrogen (secondary N) is 1. The minimum Gasteiger partial charge on any atom is -0.386 e. The summed E-state index contributed by atoms with van der Waals surface area (Å²) in [6.45, 7) is 1.10. The molecule has 6 nitrogen and oxygen atoms in total. The lowest BCUT2D eigenvalue weighted by molar-refractivity contribution is -0.126. The predicted octanol–water partition coefficient (Wildman–Crippen LogP) is 2.22. The zero-order chi connectivity index (χ0) is 18.5. The minimum atomic E-state index is -0.739. The molecule has 1 aromatic heterocycles. The standard InChI is InChI=1S/C19H23N3O3S/c1-21-12-15(10-18(21)24)20-19(25)22(11-14-6-3-2-4-7-14)13-16(23)17-8-5-9-26-17/h2-9,15-16,23H,10-13H2,1H3,(H,20,25). The number of aliphatic hydroxyl groups excluding tert-OH is 1. The number of benzene rings is 1. The Morgan fingerprint density at radius 2 is 2.12 bits per heavy atom. The third kappa shape index (κ3) is 4.62. The second-order valence-electron chi connectivity index (χ2n) is 6.52. The van der Waals surface area contributed by atoms with Gasteiger partial charge in [0, 0.05) is 31.4 Å². The number of hydrogen-bond acceptors (Lipinski definition) is 4. The van der Waals surface area contributed by atoms with Crippen LogP contribution in [0.4, 0.5) is 4.79 Å². The van der Waals surface area contributed by atoms with Crippen LogP contribution in [-0.2, 0) is 11.3 Å². The van der Waals surface area contributed by atoms with Gasteiger partial charge in [0.25, 0.3) is 0 Å². The molecular weight excluding hydrogens is 350 g/mol. The number of nitrogens with zero attached hydrogens (tertiary/aromatic N) is 2. The normalized spacial score (nSPS) is 18.0. The minimum absolute atomic E-state index is 0.0310. The molecule has 0 saturated carbocycles. The molecule has 3 rings (SSSR count). The fourth-order valence-corrected chi connectivity index (χ4v) is 3.73. The quantitative estimate of drug-likeness (QED) is 0.816. The zero-order valence-electron chi connectivity index (χ0n) is 14.7. The summed E-state index contributed by atoms with van der Waals surface area (Å²) in [6.07, 6.45) is -0.424. The Morgan fingerprint density at radius 3 is 2.73 bits per heavy atom. The highest BCUT2D eigenvalue weighted by Crippen LogP contribution is 2.21. The van der Waals surface area contributed by atoms with E-state index in [0.717, 1.165) is 10.4 Å². The van der Waals surface area contributed by atoms with Crippen LogP contribution in [0.3, 0.4) is 0 Å². The molecule has 7 heteroatoms. The second kappa shape index (κ2) is 8.33. The van der Waals surface area contributed by atoms with E-state index in [4.69, 9.17) is 0 Å². The van der Waals surface area contributed by atoms with E-state index in [1.807, 2.05) is 47.8 Å². The van der Waals surface area contributed by atoms with E-state index in [-0.39, 0.29) is 24.5 Å². The van der Waals surface area contributed by atoms with Crippen molar-refractivity contribution in [2.75, 3.05) is 20.1 Å². The van der Waals surface area contributed by atoms with Crippen LogP contribution in [0.25, 0.3) is 0 Å². The van der Waals surface area contributed by atoms with Gasteiger partial charge in [0.05, 0.1) is 12.6 Å². The first kappa shape index (κ1) is 18.4. The smallest absolute Gasteiger partial charge is 0.318 e. The van der Waals surface area contributed by atoms with E-state index in [9.17, 15) is 14.7 Å². The maximum absolute atomic E-state index is 12.8. The predicted molar refractivity (Wildman–Crippen MR) is 101 cm³/mol. The highest BCUT2D eigenvalue weighted by Gasteiger charge is 2.30. The van der Waals surface area contributed by atoms with E-state index in [1.165, 1.54) is 11.3 Å². The number of likely N-dealkylation sites (N-methyl/N-ethyl adjacent to an activating group) is 1. The molecule has 1 fully saturated rings. The van der Waals surface area contributed by atoms with E-state index < -0.39 is 6.10 Å². The Kier molecular flexibility index (Phi) is 5.90. The number of amides is 3. The van der Waals surface area contributed by atoms with Gasteiger partial charge < -0.3 is 20.2 Å². The average molecular weight is 373 g/mol. The maximum Gasteiger partial charge on any atom is 0.318 e. The van der Waals surface area contributed by atoms with Crippen LogP contribution in [0, 0.1) is 0 Å². The van der Waals surface area contributed by atoms with Gasteiger partial charge in [-0.15, -0.1) is 11.3 Å². The monoisotopic (exact) mass is 373 g/mol. The van der Waals surface area contributed by atoms with Crippen molar-refractivity contribution < 1.29 is 14.7 Å². The summed E-state index contributed by atoms with van der Waals surface area (Å²) in [6, 6.07) is 12.9. The van der Waals surface area contributed by atoms with E-state index in [1.54, 1.807) is 16.8 Å². The van der Waals surface area contributed by atoms with Gasteiger partial charge in [-0.3, -0.25) is 4.79 Å². The second-order valence-corrected chi connectivity index (χ2v) is 7.50. The van der Waals surface area contributed by atoms with Gasteiger partial charge >= 0.3 is 6.03 Å². The molecule has 1 aliphatic heterocycles. The molecule has 1 aromatic carbocycles. The molecular formula is C19H23N3O3S. The van der Waals surface area contributed by atoms with Crippen molar-refractivity contribution in [2.24, 2.45) is 0 Å². The number of carbonyl (C=O) groups excluding carboxylic acids is 2. The fourth-order valence-electron chi connectivity index (χ4n) is 3.03. The number of aliphatic hydroxyl groups is 1. The lowest BCUT2D eigenvalue weighted by atomic mass is 10.2. The van der Waals surface area contributed by atoms with E-state index >= 15 is 0 Å². The van der Waals surface area contributed by atoms with Crippen LogP contribution < -0.4 is 5.32 Å². The summed E-state index contributed by atoms with van der Waals surface area (Å²) < 4.78 is 0. The van der Waals surface area contributed by atoms with Crippen LogP contribution in [-0.4, -0.2) is 53.0 Å². The molecule has 2 heterocycles.